The molecule has 0 amide bonds. The van der Waals surface area contributed by atoms with E-state index >= 15 is 0 Å². The molecule has 0 heterocycles. The van der Waals surface area contributed by atoms with Crippen LogP contribution in [0.4, 0.5) is 0 Å². The Bertz CT molecular complexity index is 609. The molecule has 0 aliphatic carbocycles. The predicted molar refractivity (Wildman–Crippen MR) is 80.7 cm³/mol. The minimum absolute atomic E-state index is 0.577. The lowest BCUT2D eigenvalue weighted by Gasteiger charge is -2.09. The quantitative estimate of drug-likeness (QED) is 0.598. The van der Waals surface area contributed by atoms with Crippen molar-refractivity contribution in [3.05, 3.63) is 77.5 Å². The van der Waals surface area contributed by atoms with Gasteiger partial charge in [-0.3, -0.25) is 0 Å². The molecule has 0 N–H and O–H groups in total. The van der Waals surface area contributed by atoms with Gasteiger partial charge in [-0.25, -0.2) is 0 Å². The number of benzene rings is 2. The minimum Gasteiger partial charge on any atom is -0.496 e. The van der Waals surface area contributed by atoms with Gasteiger partial charge >= 0.3 is 0 Å². The molecule has 0 aromatic heterocycles. The number of hydrogen-bond donors (Lipinski definition) is 0. The lowest BCUT2D eigenvalue weighted by atomic mass is 10.1. The molecular weight excluding hydrogens is 246 g/mol. The second kappa shape index (κ2) is 7.16. The van der Waals surface area contributed by atoms with Crippen LogP contribution in [0.1, 0.15) is 18.1 Å². The van der Waals surface area contributed by atoms with Crippen LogP contribution >= 0.6 is 0 Å². The van der Waals surface area contributed by atoms with Gasteiger partial charge in [-0.05, 0) is 18.1 Å². The summed E-state index contributed by atoms with van der Waals surface area (Å²) in [6.07, 6.45) is 0.839. The molecule has 2 rings (SSSR count). The highest BCUT2D eigenvalue weighted by molar-refractivity contribution is 5.77. The normalized spacial score (nSPS) is 11.4. The van der Waals surface area contributed by atoms with Crippen molar-refractivity contribution in [2.45, 2.75) is 13.3 Å². The lowest BCUT2D eigenvalue weighted by Crippen LogP contribution is -1.99. The van der Waals surface area contributed by atoms with Gasteiger partial charge in [0.15, 0.2) is 0 Å². The van der Waals surface area contributed by atoms with Gasteiger partial charge in [0, 0.05) is 6.42 Å². The average Bonchev–Trinajstić information content (AvgIpc) is 2.50. The summed E-state index contributed by atoms with van der Waals surface area (Å²) in [7, 11) is 0. The molecule has 0 fully saturated rings. The minimum atomic E-state index is 0.577. The van der Waals surface area contributed by atoms with Crippen LogP contribution in [0.25, 0.3) is 5.57 Å². The summed E-state index contributed by atoms with van der Waals surface area (Å²) < 4.78 is 5.71. The first-order valence-electron chi connectivity index (χ1n) is 6.64. The second-order valence-corrected chi connectivity index (χ2v) is 4.49. The molecular formula is C18H17NO. The van der Waals surface area contributed by atoms with Crippen molar-refractivity contribution in [2.75, 3.05) is 6.61 Å². The van der Waals surface area contributed by atoms with Crippen molar-refractivity contribution in [2.24, 2.45) is 0 Å². The summed E-state index contributed by atoms with van der Waals surface area (Å²) >= 11 is 0. The maximum absolute atomic E-state index is 9.28. The smallest absolute Gasteiger partial charge is 0.111 e. The Labute approximate surface area is 119 Å². The molecule has 2 aromatic carbocycles. The van der Waals surface area contributed by atoms with Crippen molar-refractivity contribution in [1.29, 1.82) is 5.26 Å². The number of nitrogens with zero attached hydrogens (tertiary/aromatic N) is 1. The third kappa shape index (κ3) is 3.73. The van der Waals surface area contributed by atoms with Crippen molar-refractivity contribution >= 4 is 5.57 Å². The van der Waals surface area contributed by atoms with Gasteiger partial charge in [0.2, 0.25) is 0 Å². The van der Waals surface area contributed by atoms with Crippen LogP contribution in [0.3, 0.4) is 0 Å². The van der Waals surface area contributed by atoms with E-state index in [1.54, 1.807) is 0 Å². The maximum Gasteiger partial charge on any atom is 0.111 e. The van der Waals surface area contributed by atoms with Gasteiger partial charge < -0.3 is 4.74 Å². The molecule has 0 spiro atoms. The summed E-state index contributed by atoms with van der Waals surface area (Å²) in [5.41, 5.74) is 2.73. The Kier molecular flexibility index (Phi) is 4.97. The van der Waals surface area contributed by atoms with E-state index in [1.807, 2.05) is 55.5 Å². The first-order valence-corrected chi connectivity index (χ1v) is 6.64. The molecule has 0 bridgehead atoms. The van der Waals surface area contributed by atoms with E-state index in [0.717, 1.165) is 12.0 Å². The predicted octanol–water partition coefficient (Wildman–Crippen LogP) is 4.20. The topological polar surface area (TPSA) is 33.0 Å². The molecule has 0 atom stereocenters. The van der Waals surface area contributed by atoms with E-state index in [1.165, 1.54) is 5.56 Å². The van der Waals surface area contributed by atoms with Crippen LogP contribution in [0.2, 0.25) is 0 Å². The summed E-state index contributed by atoms with van der Waals surface area (Å²) in [4.78, 5) is 0. The number of nitriles is 1. The summed E-state index contributed by atoms with van der Waals surface area (Å²) in [6.45, 7) is 2.42. The van der Waals surface area contributed by atoms with Crippen molar-refractivity contribution in [1.82, 2.24) is 0 Å². The second-order valence-electron chi connectivity index (χ2n) is 4.49. The van der Waals surface area contributed by atoms with E-state index in [9.17, 15) is 5.26 Å². The van der Waals surface area contributed by atoms with Gasteiger partial charge in [0.1, 0.15) is 11.8 Å². The van der Waals surface area contributed by atoms with Crippen LogP contribution < -0.4 is 0 Å². The molecule has 2 heteroatoms. The zero-order valence-electron chi connectivity index (χ0n) is 11.5. The first-order chi connectivity index (χ1) is 9.81. The van der Waals surface area contributed by atoms with Gasteiger partial charge in [0.25, 0.3) is 0 Å². The van der Waals surface area contributed by atoms with Gasteiger partial charge in [-0.15, -0.1) is 0 Å². The van der Waals surface area contributed by atoms with Crippen molar-refractivity contribution in [3.63, 3.8) is 0 Å². The number of hydrogen-bond acceptors (Lipinski definition) is 2. The van der Waals surface area contributed by atoms with Gasteiger partial charge in [0.05, 0.1) is 12.2 Å². The van der Waals surface area contributed by atoms with Crippen molar-refractivity contribution in [3.8, 4) is 6.07 Å². The molecule has 100 valence electrons. The van der Waals surface area contributed by atoms with Gasteiger partial charge in [-0.2, -0.15) is 5.26 Å². The Morgan fingerprint density at radius 1 is 1.00 bits per heavy atom. The van der Waals surface area contributed by atoms with Crippen LogP contribution in [0.5, 0.6) is 0 Å². The van der Waals surface area contributed by atoms with Gasteiger partial charge in [-0.1, -0.05) is 60.7 Å². The summed E-state index contributed by atoms with van der Waals surface area (Å²) in [5, 5.41) is 9.28. The highest BCUT2D eigenvalue weighted by Gasteiger charge is 2.06. The zero-order valence-corrected chi connectivity index (χ0v) is 11.5. The standard InChI is InChI=1S/C18H17NO/c1-15(18(14-19)17-10-6-3-7-11-17)20-13-12-16-8-4-2-5-9-16/h2-11H,12-13H2,1H3/b18-15+. The van der Waals surface area contributed by atoms with Crippen molar-refractivity contribution < 1.29 is 4.74 Å². The fraction of sp³-hybridized carbons (Fsp3) is 0.167. The maximum atomic E-state index is 9.28. The largest absolute Gasteiger partial charge is 0.496 e. The van der Waals surface area contributed by atoms with E-state index in [-0.39, 0.29) is 0 Å². The molecule has 0 aliphatic rings. The monoisotopic (exact) mass is 263 g/mol. The third-order valence-electron chi connectivity index (χ3n) is 3.08. The molecule has 0 saturated carbocycles. The summed E-state index contributed by atoms with van der Waals surface area (Å²) in [5.74, 6) is 0.676. The molecule has 2 aromatic rings. The molecule has 0 unspecified atom stereocenters. The molecule has 0 saturated heterocycles. The highest BCUT2D eigenvalue weighted by atomic mass is 16.5. The van der Waals surface area contributed by atoms with Crippen LogP contribution in [-0.2, 0) is 11.2 Å². The zero-order chi connectivity index (χ0) is 14.2. The molecule has 20 heavy (non-hydrogen) atoms. The van der Waals surface area contributed by atoms with Crippen LogP contribution in [0.15, 0.2) is 66.4 Å². The molecule has 2 nitrogen and oxygen atoms in total. The first kappa shape index (κ1) is 13.9. The Morgan fingerprint density at radius 2 is 1.60 bits per heavy atom. The Balaban J connectivity index is 2.01. The van der Waals surface area contributed by atoms with Crippen LogP contribution in [0, 0.1) is 11.3 Å². The molecule has 0 radical (unpaired) electrons. The number of allylic oxidation sites excluding steroid dienone is 2. The van der Waals surface area contributed by atoms with E-state index in [0.29, 0.717) is 17.9 Å². The number of ether oxygens (including phenoxy) is 1. The Morgan fingerprint density at radius 3 is 2.20 bits per heavy atom. The average molecular weight is 263 g/mol. The fourth-order valence-electron chi connectivity index (χ4n) is 1.99. The Hall–Kier alpha value is -2.53. The SMILES string of the molecule is C/C(OCCc1ccccc1)=C(/C#N)c1ccccc1. The fourth-order valence-corrected chi connectivity index (χ4v) is 1.99. The van der Waals surface area contributed by atoms with E-state index in [4.69, 9.17) is 4.74 Å². The van der Waals surface area contributed by atoms with E-state index in [2.05, 4.69) is 18.2 Å². The summed E-state index contributed by atoms with van der Waals surface area (Å²) in [6, 6.07) is 22.0. The van der Waals surface area contributed by atoms with E-state index < -0.39 is 0 Å². The molecule has 0 aliphatic heterocycles. The highest BCUT2D eigenvalue weighted by Crippen LogP contribution is 2.18. The lowest BCUT2D eigenvalue weighted by molar-refractivity contribution is 0.220. The van der Waals surface area contributed by atoms with Crippen LogP contribution in [-0.4, -0.2) is 6.61 Å². The number of rotatable bonds is 5. The third-order valence-corrected chi connectivity index (χ3v) is 3.08.